The van der Waals surface area contributed by atoms with Crippen molar-refractivity contribution >= 4 is 16.5 Å². The summed E-state index contributed by atoms with van der Waals surface area (Å²) in [6.45, 7) is 1.29. The SMILES string of the molecule is Cc1cc(C(F)(F)F)cc(C2(C(F)(F)F)CC(c3ccc(C#N)c4ccccc34)=NO2)c1. The fourth-order valence-corrected chi connectivity index (χ4v) is 3.88. The van der Waals surface area contributed by atoms with E-state index in [1.165, 1.54) is 19.1 Å². The fourth-order valence-electron chi connectivity index (χ4n) is 3.88. The van der Waals surface area contributed by atoms with Gasteiger partial charge < -0.3 is 4.84 Å². The number of halogens is 6. The van der Waals surface area contributed by atoms with Crippen LogP contribution in [0.25, 0.3) is 10.8 Å². The van der Waals surface area contributed by atoms with Crippen molar-refractivity contribution in [3.8, 4) is 6.07 Å². The molecule has 0 saturated heterocycles. The smallest absolute Gasteiger partial charge is 0.374 e. The van der Waals surface area contributed by atoms with E-state index in [2.05, 4.69) is 5.16 Å². The Morgan fingerprint density at radius 1 is 0.969 bits per heavy atom. The predicted molar refractivity (Wildman–Crippen MR) is 105 cm³/mol. The molecule has 0 spiro atoms. The molecule has 0 aliphatic carbocycles. The third-order valence-electron chi connectivity index (χ3n) is 5.41. The van der Waals surface area contributed by atoms with Gasteiger partial charge in [0.15, 0.2) is 0 Å². The van der Waals surface area contributed by atoms with Crippen LogP contribution in [0.2, 0.25) is 0 Å². The molecular weight excluding hydrogens is 434 g/mol. The van der Waals surface area contributed by atoms with Gasteiger partial charge in [-0.2, -0.15) is 31.6 Å². The van der Waals surface area contributed by atoms with Gasteiger partial charge in [0.05, 0.1) is 22.9 Å². The molecule has 0 fully saturated rings. The minimum Gasteiger partial charge on any atom is -0.374 e. The molecule has 0 N–H and O–H groups in total. The van der Waals surface area contributed by atoms with Crippen LogP contribution in [0.4, 0.5) is 26.3 Å². The van der Waals surface area contributed by atoms with Gasteiger partial charge in [-0.3, -0.25) is 0 Å². The van der Waals surface area contributed by atoms with Crippen molar-refractivity contribution in [1.29, 1.82) is 5.26 Å². The van der Waals surface area contributed by atoms with Crippen LogP contribution in [0, 0.1) is 18.3 Å². The normalized spacial score (nSPS) is 18.9. The van der Waals surface area contributed by atoms with E-state index >= 15 is 0 Å². The Morgan fingerprint density at radius 2 is 1.66 bits per heavy atom. The summed E-state index contributed by atoms with van der Waals surface area (Å²) in [5.41, 5.74) is -4.35. The summed E-state index contributed by atoms with van der Waals surface area (Å²) in [5, 5.41) is 14.0. The Hall–Kier alpha value is -3.54. The van der Waals surface area contributed by atoms with Gasteiger partial charge in [-0.1, -0.05) is 47.1 Å². The Morgan fingerprint density at radius 3 is 2.28 bits per heavy atom. The van der Waals surface area contributed by atoms with E-state index in [0.717, 1.165) is 12.1 Å². The van der Waals surface area contributed by atoms with E-state index < -0.39 is 35.5 Å². The first kappa shape index (κ1) is 21.7. The van der Waals surface area contributed by atoms with Gasteiger partial charge in [-0.05, 0) is 30.5 Å². The van der Waals surface area contributed by atoms with Crippen LogP contribution in [-0.2, 0) is 16.6 Å². The highest BCUT2D eigenvalue weighted by atomic mass is 19.4. The molecule has 1 aliphatic rings. The summed E-state index contributed by atoms with van der Waals surface area (Å²) in [5.74, 6) is 0. The number of nitrogens with zero attached hydrogens (tertiary/aromatic N) is 2. The van der Waals surface area contributed by atoms with Crippen LogP contribution in [0.5, 0.6) is 0 Å². The molecular formula is C23H14F6N2O. The van der Waals surface area contributed by atoms with E-state index in [1.54, 1.807) is 24.3 Å². The van der Waals surface area contributed by atoms with Gasteiger partial charge >= 0.3 is 12.4 Å². The second-order valence-corrected chi connectivity index (χ2v) is 7.53. The third-order valence-corrected chi connectivity index (χ3v) is 5.41. The molecule has 0 saturated carbocycles. The number of fused-ring (bicyclic) bond motifs is 1. The van der Waals surface area contributed by atoms with Crippen molar-refractivity contribution in [2.75, 3.05) is 0 Å². The van der Waals surface area contributed by atoms with Gasteiger partial charge in [-0.25, -0.2) is 0 Å². The Balaban J connectivity index is 1.85. The van der Waals surface area contributed by atoms with Crippen molar-refractivity contribution in [1.82, 2.24) is 0 Å². The van der Waals surface area contributed by atoms with Crippen LogP contribution < -0.4 is 0 Å². The standard InChI is InChI=1S/C23H14F6N2O/c1-13-8-15(10-16(9-13)22(24,25)26)21(23(27,28)29)11-20(31-32-21)19-7-6-14(12-30)17-4-2-3-5-18(17)19/h2-10H,11H2,1H3. The van der Waals surface area contributed by atoms with Gasteiger partial charge in [0.2, 0.25) is 0 Å². The van der Waals surface area contributed by atoms with E-state index in [9.17, 15) is 31.6 Å². The Bertz CT molecular complexity index is 1290. The second kappa shape index (κ2) is 7.26. The molecule has 9 heteroatoms. The highest BCUT2D eigenvalue weighted by molar-refractivity contribution is 6.12. The third kappa shape index (κ3) is 3.45. The largest absolute Gasteiger partial charge is 0.435 e. The number of hydrogen-bond donors (Lipinski definition) is 0. The van der Waals surface area contributed by atoms with E-state index in [-0.39, 0.29) is 11.3 Å². The molecule has 1 atom stereocenters. The van der Waals surface area contributed by atoms with Crippen LogP contribution in [0.3, 0.4) is 0 Å². The van der Waals surface area contributed by atoms with E-state index in [1.807, 2.05) is 6.07 Å². The number of aryl methyl sites for hydroxylation is 1. The first-order valence-corrected chi connectivity index (χ1v) is 9.39. The van der Waals surface area contributed by atoms with Gasteiger partial charge in [0.25, 0.3) is 5.60 Å². The zero-order chi connectivity index (χ0) is 23.3. The quantitative estimate of drug-likeness (QED) is 0.414. The molecule has 3 aromatic carbocycles. The lowest BCUT2D eigenvalue weighted by atomic mass is 9.84. The number of alkyl halides is 6. The number of oxime groups is 1. The summed E-state index contributed by atoms with van der Waals surface area (Å²) in [7, 11) is 0. The first-order chi connectivity index (χ1) is 15.0. The highest BCUT2D eigenvalue weighted by Crippen LogP contribution is 2.50. The molecule has 1 heterocycles. The van der Waals surface area contributed by atoms with Crippen molar-refractivity contribution in [3.63, 3.8) is 0 Å². The van der Waals surface area contributed by atoms with Crippen LogP contribution in [0.1, 0.15) is 34.2 Å². The topological polar surface area (TPSA) is 45.4 Å². The highest BCUT2D eigenvalue weighted by Gasteiger charge is 2.62. The minimum atomic E-state index is -5.04. The van der Waals surface area contributed by atoms with Crippen molar-refractivity contribution in [3.05, 3.63) is 82.4 Å². The molecule has 32 heavy (non-hydrogen) atoms. The maximum Gasteiger partial charge on any atom is 0.435 e. The van der Waals surface area contributed by atoms with Crippen molar-refractivity contribution < 1.29 is 31.2 Å². The predicted octanol–water partition coefficient (Wildman–Crippen LogP) is 6.62. The average molecular weight is 448 g/mol. The number of nitriles is 1. The van der Waals surface area contributed by atoms with E-state index in [4.69, 9.17) is 4.84 Å². The summed E-state index contributed by atoms with van der Waals surface area (Å²) in [6.07, 6.45) is -10.7. The lowest BCUT2D eigenvalue weighted by Crippen LogP contribution is -2.43. The lowest BCUT2D eigenvalue weighted by Gasteiger charge is -2.30. The Labute approximate surface area is 178 Å². The van der Waals surface area contributed by atoms with Crippen molar-refractivity contribution in [2.24, 2.45) is 5.16 Å². The molecule has 1 aliphatic heterocycles. The molecule has 164 valence electrons. The van der Waals surface area contributed by atoms with Gasteiger partial charge in [-0.15, -0.1) is 0 Å². The molecule has 0 bridgehead atoms. The summed E-state index contributed by atoms with van der Waals surface area (Å²) < 4.78 is 82.6. The summed E-state index contributed by atoms with van der Waals surface area (Å²) >= 11 is 0. The van der Waals surface area contributed by atoms with Crippen LogP contribution >= 0.6 is 0 Å². The molecule has 0 aromatic heterocycles. The summed E-state index contributed by atoms with van der Waals surface area (Å²) in [6, 6.07) is 13.8. The summed E-state index contributed by atoms with van der Waals surface area (Å²) in [4.78, 5) is 4.92. The number of rotatable bonds is 2. The molecule has 1 unspecified atom stereocenters. The average Bonchev–Trinajstić information content (AvgIpc) is 3.18. The minimum absolute atomic E-state index is 0.0133. The second-order valence-electron chi connectivity index (χ2n) is 7.53. The molecule has 3 aromatic rings. The molecule has 4 rings (SSSR count). The fraction of sp³-hybridized carbons (Fsp3) is 0.217. The monoisotopic (exact) mass is 448 g/mol. The lowest BCUT2D eigenvalue weighted by molar-refractivity contribution is -0.276. The number of benzene rings is 3. The first-order valence-electron chi connectivity index (χ1n) is 9.39. The zero-order valence-corrected chi connectivity index (χ0v) is 16.5. The molecule has 0 amide bonds. The van der Waals surface area contributed by atoms with E-state index in [0.29, 0.717) is 28.0 Å². The Kier molecular flexibility index (Phi) is 4.92. The maximum absolute atomic E-state index is 14.3. The molecule has 0 radical (unpaired) electrons. The molecule has 3 nitrogen and oxygen atoms in total. The zero-order valence-electron chi connectivity index (χ0n) is 16.5. The van der Waals surface area contributed by atoms with Crippen LogP contribution in [0.15, 0.2) is 59.8 Å². The van der Waals surface area contributed by atoms with Gasteiger partial charge in [0.1, 0.15) is 0 Å². The maximum atomic E-state index is 14.3. The number of hydrogen-bond acceptors (Lipinski definition) is 3. The van der Waals surface area contributed by atoms with Crippen LogP contribution in [-0.4, -0.2) is 11.9 Å². The van der Waals surface area contributed by atoms with Crippen molar-refractivity contribution in [2.45, 2.75) is 31.3 Å². The van der Waals surface area contributed by atoms with Gasteiger partial charge in [0, 0.05) is 22.9 Å².